The van der Waals surface area contributed by atoms with Crippen molar-refractivity contribution in [3.8, 4) is 11.5 Å². The van der Waals surface area contributed by atoms with Gasteiger partial charge in [-0.05, 0) is 47.2 Å². The summed E-state index contributed by atoms with van der Waals surface area (Å²) in [6, 6.07) is 18.5. The molecule has 0 aliphatic heterocycles. The maximum Gasteiger partial charge on any atom is 0.248 e. The molecule has 0 radical (unpaired) electrons. The van der Waals surface area contributed by atoms with Gasteiger partial charge in [-0.2, -0.15) is 0 Å². The Kier molecular flexibility index (Phi) is 5.74. The fourth-order valence-electron chi connectivity index (χ4n) is 2.83. The number of hydrogen-bond acceptors (Lipinski definition) is 3. The summed E-state index contributed by atoms with van der Waals surface area (Å²) in [5.41, 5.74) is 5.23. The standard InChI is InChI=1S/C25H26N2O/c1-6-19(20-10-8-7-9-11-20)13-12-18(2)23-26-27-24(28-23)21-14-16-22(17-15-21)25(3,4)5/h6-17H,2H2,1,3-5H3/b13-12-,19-6+. The molecule has 1 heterocycles. The molecule has 0 unspecified atom stereocenters. The molecule has 0 atom stereocenters. The van der Waals surface area contributed by atoms with Crippen LogP contribution in [0.25, 0.3) is 22.6 Å². The van der Waals surface area contributed by atoms with Crippen LogP contribution in [-0.4, -0.2) is 10.2 Å². The Balaban J connectivity index is 1.75. The normalized spacial score (nSPS) is 12.5. The van der Waals surface area contributed by atoms with E-state index in [9.17, 15) is 0 Å². The number of nitrogens with zero attached hydrogens (tertiary/aromatic N) is 2. The van der Waals surface area contributed by atoms with Gasteiger partial charge in [-0.15, -0.1) is 10.2 Å². The molecule has 0 bridgehead atoms. The van der Waals surface area contributed by atoms with Gasteiger partial charge in [0.25, 0.3) is 0 Å². The van der Waals surface area contributed by atoms with Gasteiger partial charge in [-0.25, -0.2) is 0 Å². The van der Waals surface area contributed by atoms with Gasteiger partial charge in [0.15, 0.2) is 0 Å². The molecule has 0 fully saturated rings. The Morgan fingerprint density at radius 1 is 0.929 bits per heavy atom. The van der Waals surface area contributed by atoms with Crippen LogP contribution in [0.5, 0.6) is 0 Å². The third-order valence-corrected chi connectivity index (χ3v) is 4.58. The van der Waals surface area contributed by atoms with E-state index in [2.05, 4.69) is 67.9 Å². The van der Waals surface area contributed by atoms with E-state index in [1.165, 1.54) is 5.56 Å². The summed E-state index contributed by atoms with van der Waals surface area (Å²) in [5.74, 6) is 0.925. The first kappa shape index (κ1) is 19.6. The van der Waals surface area contributed by atoms with Crippen LogP contribution < -0.4 is 0 Å². The lowest BCUT2D eigenvalue weighted by molar-refractivity contribution is 0.554. The lowest BCUT2D eigenvalue weighted by Gasteiger charge is -2.18. The van der Waals surface area contributed by atoms with Gasteiger partial charge in [0.05, 0.1) is 0 Å². The molecule has 0 aliphatic rings. The van der Waals surface area contributed by atoms with E-state index < -0.39 is 0 Å². The SMILES string of the molecule is C=C(/C=C\C(=C/C)c1ccccc1)c1nnc(-c2ccc(C(C)(C)C)cc2)o1. The first-order valence-electron chi connectivity index (χ1n) is 9.42. The molecule has 3 rings (SSSR count). The van der Waals surface area contributed by atoms with E-state index in [1.807, 2.05) is 49.4 Å². The van der Waals surface area contributed by atoms with Crippen LogP contribution in [0.1, 0.15) is 44.7 Å². The third-order valence-electron chi connectivity index (χ3n) is 4.58. The number of allylic oxidation sites excluding steroid dienone is 5. The largest absolute Gasteiger partial charge is 0.416 e. The van der Waals surface area contributed by atoms with Crippen molar-refractivity contribution in [1.29, 1.82) is 0 Å². The summed E-state index contributed by atoms with van der Waals surface area (Å²) >= 11 is 0. The van der Waals surface area contributed by atoms with Crippen molar-refractivity contribution >= 4 is 11.1 Å². The first-order valence-corrected chi connectivity index (χ1v) is 9.42. The summed E-state index contributed by atoms with van der Waals surface area (Å²) < 4.78 is 5.84. The Hall–Kier alpha value is -3.20. The van der Waals surface area contributed by atoms with E-state index in [4.69, 9.17) is 4.42 Å². The fourth-order valence-corrected chi connectivity index (χ4v) is 2.83. The number of hydrogen-bond donors (Lipinski definition) is 0. The predicted octanol–water partition coefficient (Wildman–Crippen LogP) is 6.71. The van der Waals surface area contributed by atoms with E-state index >= 15 is 0 Å². The van der Waals surface area contributed by atoms with Crippen LogP contribution in [0.4, 0.5) is 0 Å². The molecule has 1 aromatic heterocycles. The Bertz CT molecular complexity index is 1000. The van der Waals surface area contributed by atoms with Gasteiger partial charge < -0.3 is 4.42 Å². The van der Waals surface area contributed by atoms with Crippen molar-refractivity contribution in [1.82, 2.24) is 10.2 Å². The Labute approximate surface area is 167 Å². The van der Waals surface area contributed by atoms with Gasteiger partial charge in [-0.3, -0.25) is 0 Å². The lowest BCUT2D eigenvalue weighted by Crippen LogP contribution is -2.10. The highest BCUT2D eigenvalue weighted by atomic mass is 16.4. The number of aromatic nitrogens is 2. The van der Waals surface area contributed by atoms with E-state index in [0.717, 1.165) is 16.7 Å². The fraction of sp³-hybridized carbons (Fsp3) is 0.200. The molecule has 3 nitrogen and oxygen atoms in total. The topological polar surface area (TPSA) is 38.9 Å². The summed E-state index contributed by atoms with van der Waals surface area (Å²) in [4.78, 5) is 0. The van der Waals surface area contributed by atoms with Crippen molar-refractivity contribution in [3.05, 3.63) is 96.4 Å². The molecular formula is C25H26N2O. The van der Waals surface area contributed by atoms with Crippen molar-refractivity contribution in [2.75, 3.05) is 0 Å². The van der Waals surface area contributed by atoms with Crippen LogP contribution in [0.2, 0.25) is 0 Å². The van der Waals surface area contributed by atoms with Crippen molar-refractivity contribution in [3.63, 3.8) is 0 Å². The zero-order valence-electron chi connectivity index (χ0n) is 16.9. The van der Waals surface area contributed by atoms with Gasteiger partial charge in [-0.1, -0.05) is 82.0 Å². The maximum absolute atomic E-state index is 5.84. The average Bonchev–Trinajstić information content (AvgIpc) is 3.19. The molecule has 0 aliphatic carbocycles. The second kappa shape index (κ2) is 8.22. The maximum atomic E-state index is 5.84. The van der Waals surface area contributed by atoms with Gasteiger partial charge in [0.2, 0.25) is 11.8 Å². The second-order valence-electron chi connectivity index (χ2n) is 7.71. The van der Waals surface area contributed by atoms with E-state index in [-0.39, 0.29) is 5.41 Å². The molecule has 0 spiro atoms. The van der Waals surface area contributed by atoms with Crippen molar-refractivity contribution < 1.29 is 4.42 Å². The average molecular weight is 370 g/mol. The molecule has 0 saturated carbocycles. The highest BCUT2D eigenvalue weighted by Crippen LogP contribution is 2.27. The van der Waals surface area contributed by atoms with Crippen molar-refractivity contribution in [2.45, 2.75) is 33.1 Å². The van der Waals surface area contributed by atoms with Gasteiger partial charge in [0.1, 0.15) is 0 Å². The molecule has 142 valence electrons. The summed E-state index contributed by atoms with van der Waals surface area (Å²) in [7, 11) is 0. The van der Waals surface area contributed by atoms with Crippen LogP contribution in [-0.2, 0) is 5.41 Å². The first-order chi connectivity index (χ1) is 13.4. The monoisotopic (exact) mass is 370 g/mol. The molecule has 2 aromatic carbocycles. The Morgan fingerprint density at radius 3 is 2.21 bits per heavy atom. The quantitative estimate of drug-likeness (QED) is 0.469. The number of rotatable bonds is 5. The summed E-state index contributed by atoms with van der Waals surface area (Å²) in [6.45, 7) is 12.7. The molecule has 0 N–H and O–H groups in total. The zero-order chi connectivity index (χ0) is 20.1. The molecule has 3 aromatic rings. The van der Waals surface area contributed by atoms with Crippen molar-refractivity contribution in [2.24, 2.45) is 0 Å². The number of benzene rings is 2. The highest BCUT2D eigenvalue weighted by molar-refractivity contribution is 5.78. The summed E-state index contributed by atoms with van der Waals surface area (Å²) in [6.07, 6.45) is 5.98. The van der Waals surface area contributed by atoms with Crippen LogP contribution in [0, 0.1) is 0 Å². The zero-order valence-corrected chi connectivity index (χ0v) is 16.9. The minimum Gasteiger partial charge on any atom is -0.416 e. The highest BCUT2D eigenvalue weighted by Gasteiger charge is 2.15. The molecule has 3 heteroatoms. The summed E-state index contributed by atoms with van der Waals surface area (Å²) in [5, 5.41) is 8.33. The molecular weight excluding hydrogens is 344 g/mol. The molecule has 0 saturated heterocycles. The predicted molar refractivity (Wildman–Crippen MR) is 117 cm³/mol. The lowest BCUT2D eigenvalue weighted by atomic mass is 9.87. The minimum absolute atomic E-state index is 0.112. The smallest absolute Gasteiger partial charge is 0.248 e. The van der Waals surface area contributed by atoms with Crippen LogP contribution in [0.3, 0.4) is 0 Å². The van der Waals surface area contributed by atoms with Gasteiger partial charge in [0, 0.05) is 11.1 Å². The van der Waals surface area contributed by atoms with Gasteiger partial charge >= 0.3 is 0 Å². The van der Waals surface area contributed by atoms with Crippen LogP contribution >= 0.6 is 0 Å². The van der Waals surface area contributed by atoms with Crippen LogP contribution in [0.15, 0.2) is 83.8 Å². The molecule has 0 amide bonds. The Morgan fingerprint density at radius 2 is 1.61 bits per heavy atom. The van der Waals surface area contributed by atoms with E-state index in [1.54, 1.807) is 0 Å². The minimum atomic E-state index is 0.112. The second-order valence-corrected chi connectivity index (χ2v) is 7.71. The molecule has 28 heavy (non-hydrogen) atoms. The van der Waals surface area contributed by atoms with E-state index in [0.29, 0.717) is 17.4 Å². The third kappa shape index (κ3) is 4.55.